The number of aromatic nitrogens is 3. The first-order valence-corrected chi connectivity index (χ1v) is 10.0. The third-order valence-corrected chi connectivity index (χ3v) is 5.89. The van der Waals surface area contributed by atoms with Crippen LogP contribution in [0.3, 0.4) is 0 Å². The van der Waals surface area contributed by atoms with Crippen molar-refractivity contribution in [2.24, 2.45) is 0 Å². The monoisotopic (exact) mass is 363 g/mol. The third-order valence-electron chi connectivity index (χ3n) is 5.89. The molecule has 0 N–H and O–H groups in total. The van der Waals surface area contributed by atoms with Gasteiger partial charge in [-0.25, -0.2) is 0 Å². The molecule has 1 saturated heterocycles. The van der Waals surface area contributed by atoms with Crippen molar-refractivity contribution in [1.82, 2.24) is 20.0 Å². The van der Waals surface area contributed by atoms with Crippen LogP contribution in [0.2, 0.25) is 0 Å². The number of pyridine rings is 1. The van der Waals surface area contributed by atoms with Crippen LogP contribution in [0, 0.1) is 0 Å². The zero-order valence-corrected chi connectivity index (χ0v) is 15.5. The van der Waals surface area contributed by atoms with E-state index in [0.717, 1.165) is 50.0 Å². The fraction of sp³-hybridized carbons (Fsp3) is 0.476. The SMILES string of the molecule is c1ccc2c(N3CCN(Cc4noc(C5CCCC5)n4)CC3)ccnc2c1. The lowest BCUT2D eigenvalue weighted by molar-refractivity contribution is 0.240. The number of piperazine rings is 1. The molecule has 0 amide bonds. The highest BCUT2D eigenvalue weighted by atomic mass is 16.5. The van der Waals surface area contributed by atoms with Gasteiger partial charge in [-0.3, -0.25) is 9.88 Å². The molecule has 0 atom stereocenters. The lowest BCUT2D eigenvalue weighted by Crippen LogP contribution is -2.46. The maximum absolute atomic E-state index is 5.52. The molecular weight excluding hydrogens is 338 g/mol. The Morgan fingerprint density at radius 2 is 1.81 bits per heavy atom. The molecule has 2 fully saturated rings. The highest BCUT2D eigenvalue weighted by Gasteiger charge is 2.24. The fourth-order valence-corrected chi connectivity index (χ4v) is 4.37. The van der Waals surface area contributed by atoms with Crippen molar-refractivity contribution in [3.05, 3.63) is 48.2 Å². The van der Waals surface area contributed by atoms with E-state index < -0.39 is 0 Å². The standard InChI is InChI=1S/C21H25N5O/c1-2-6-16(5-1)21-23-20(24-27-21)15-25-11-13-26(14-12-25)19-9-10-22-18-8-4-3-7-17(18)19/h3-4,7-10,16H,1-2,5-6,11-15H2. The highest BCUT2D eigenvalue weighted by molar-refractivity contribution is 5.91. The summed E-state index contributed by atoms with van der Waals surface area (Å²) >= 11 is 0. The van der Waals surface area contributed by atoms with Crippen LogP contribution in [-0.2, 0) is 6.54 Å². The number of nitrogens with zero attached hydrogens (tertiary/aromatic N) is 5. The molecule has 0 spiro atoms. The van der Waals surface area contributed by atoms with E-state index in [1.807, 2.05) is 12.3 Å². The van der Waals surface area contributed by atoms with E-state index in [-0.39, 0.29) is 0 Å². The van der Waals surface area contributed by atoms with E-state index in [1.54, 1.807) is 0 Å². The first-order valence-electron chi connectivity index (χ1n) is 10.0. The van der Waals surface area contributed by atoms with Gasteiger partial charge in [0.25, 0.3) is 0 Å². The Labute approximate surface area is 159 Å². The van der Waals surface area contributed by atoms with E-state index in [2.05, 4.69) is 49.2 Å². The second-order valence-electron chi connectivity index (χ2n) is 7.64. The van der Waals surface area contributed by atoms with Crippen LogP contribution in [0.4, 0.5) is 5.69 Å². The molecule has 5 rings (SSSR count). The quantitative estimate of drug-likeness (QED) is 0.706. The maximum atomic E-state index is 5.52. The molecule has 0 unspecified atom stereocenters. The number of hydrogen-bond donors (Lipinski definition) is 0. The summed E-state index contributed by atoms with van der Waals surface area (Å²) in [6, 6.07) is 10.5. The number of fused-ring (bicyclic) bond motifs is 1. The summed E-state index contributed by atoms with van der Waals surface area (Å²) in [4.78, 5) is 14.0. The second kappa shape index (κ2) is 7.27. The van der Waals surface area contributed by atoms with Gasteiger partial charge in [0.05, 0.1) is 12.1 Å². The van der Waals surface area contributed by atoms with Crippen LogP contribution in [0.15, 0.2) is 41.1 Å². The van der Waals surface area contributed by atoms with Crippen molar-refractivity contribution in [3.8, 4) is 0 Å². The van der Waals surface area contributed by atoms with Crippen molar-refractivity contribution in [1.29, 1.82) is 0 Å². The Kier molecular flexibility index (Phi) is 4.49. The number of para-hydroxylation sites is 1. The van der Waals surface area contributed by atoms with Crippen LogP contribution in [0.5, 0.6) is 0 Å². The summed E-state index contributed by atoms with van der Waals surface area (Å²) < 4.78 is 5.52. The summed E-state index contributed by atoms with van der Waals surface area (Å²) in [5.41, 5.74) is 2.34. The number of benzene rings is 1. The Bertz CT molecular complexity index is 904. The smallest absolute Gasteiger partial charge is 0.229 e. The maximum Gasteiger partial charge on any atom is 0.229 e. The normalized spacial score (nSPS) is 19.2. The topological polar surface area (TPSA) is 58.3 Å². The van der Waals surface area contributed by atoms with Crippen molar-refractivity contribution in [2.45, 2.75) is 38.1 Å². The predicted molar refractivity (Wildman–Crippen MR) is 105 cm³/mol. The molecule has 2 aromatic heterocycles. The highest BCUT2D eigenvalue weighted by Crippen LogP contribution is 2.33. The molecular formula is C21H25N5O. The van der Waals surface area contributed by atoms with E-state index in [0.29, 0.717) is 5.92 Å². The van der Waals surface area contributed by atoms with Crippen molar-refractivity contribution >= 4 is 16.6 Å². The third kappa shape index (κ3) is 3.41. The van der Waals surface area contributed by atoms with E-state index in [1.165, 1.54) is 36.8 Å². The Balaban J connectivity index is 1.23. The predicted octanol–water partition coefficient (Wildman–Crippen LogP) is 3.60. The van der Waals surface area contributed by atoms with Gasteiger partial charge >= 0.3 is 0 Å². The van der Waals surface area contributed by atoms with Crippen LogP contribution < -0.4 is 4.90 Å². The van der Waals surface area contributed by atoms with Crippen molar-refractivity contribution in [3.63, 3.8) is 0 Å². The van der Waals surface area contributed by atoms with E-state index >= 15 is 0 Å². The molecule has 1 aliphatic heterocycles. The number of anilines is 1. The molecule has 27 heavy (non-hydrogen) atoms. The summed E-state index contributed by atoms with van der Waals surface area (Å²) in [5.74, 6) is 2.17. The van der Waals surface area contributed by atoms with Crippen molar-refractivity contribution < 1.29 is 4.52 Å². The lowest BCUT2D eigenvalue weighted by atomic mass is 10.1. The zero-order valence-electron chi connectivity index (χ0n) is 15.5. The van der Waals surface area contributed by atoms with Crippen LogP contribution in [-0.4, -0.2) is 46.2 Å². The Hall–Kier alpha value is -2.47. The fourth-order valence-electron chi connectivity index (χ4n) is 4.37. The molecule has 3 heterocycles. The molecule has 6 heteroatoms. The van der Waals surface area contributed by atoms with Gasteiger partial charge in [-0.05, 0) is 25.0 Å². The van der Waals surface area contributed by atoms with Gasteiger partial charge in [0.15, 0.2) is 5.82 Å². The Morgan fingerprint density at radius 1 is 1.00 bits per heavy atom. The molecule has 1 aliphatic carbocycles. The molecule has 1 aromatic carbocycles. The van der Waals surface area contributed by atoms with Gasteiger partial charge < -0.3 is 9.42 Å². The molecule has 3 aromatic rings. The molecule has 1 saturated carbocycles. The summed E-state index contributed by atoms with van der Waals surface area (Å²) in [5, 5.41) is 5.45. The number of rotatable bonds is 4. The van der Waals surface area contributed by atoms with E-state index in [4.69, 9.17) is 4.52 Å². The van der Waals surface area contributed by atoms with Gasteiger partial charge in [0.1, 0.15) is 0 Å². The minimum Gasteiger partial charge on any atom is -0.368 e. The van der Waals surface area contributed by atoms with Gasteiger partial charge in [-0.15, -0.1) is 0 Å². The average Bonchev–Trinajstić information content (AvgIpc) is 3.40. The molecule has 0 radical (unpaired) electrons. The van der Waals surface area contributed by atoms with Crippen LogP contribution in [0.1, 0.15) is 43.3 Å². The first-order chi connectivity index (χ1) is 13.4. The van der Waals surface area contributed by atoms with Gasteiger partial charge in [0.2, 0.25) is 5.89 Å². The molecule has 6 nitrogen and oxygen atoms in total. The van der Waals surface area contributed by atoms with Gasteiger partial charge in [-0.1, -0.05) is 36.2 Å². The van der Waals surface area contributed by atoms with Gasteiger partial charge in [0, 0.05) is 49.4 Å². The number of hydrogen-bond acceptors (Lipinski definition) is 6. The second-order valence-corrected chi connectivity index (χ2v) is 7.64. The average molecular weight is 363 g/mol. The zero-order chi connectivity index (χ0) is 18.1. The molecule has 140 valence electrons. The minimum atomic E-state index is 0.489. The van der Waals surface area contributed by atoms with Crippen LogP contribution in [0.25, 0.3) is 10.9 Å². The lowest BCUT2D eigenvalue weighted by Gasteiger charge is -2.36. The first kappa shape index (κ1) is 16.7. The molecule has 0 bridgehead atoms. The molecule has 2 aliphatic rings. The van der Waals surface area contributed by atoms with Crippen molar-refractivity contribution in [2.75, 3.05) is 31.1 Å². The summed E-state index contributed by atoms with van der Waals surface area (Å²) in [6.45, 7) is 4.79. The van der Waals surface area contributed by atoms with E-state index in [9.17, 15) is 0 Å². The summed E-state index contributed by atoms with van der Waals surface area (Å²) in [6.07, 6.45) is 6.87. The van der Waals surface area contributed by atoms with Crippen LogP contribution >= 0.6 is 0 Å². The minimum absolute atomic E-state index is 0.489. The Morgan fingerprint density at radius 3 is 2.67 bits per heavy atom. The largest absolute Gasteiger partial charge is 0.368 e. The summed E-state index contributed by atoms with van der Waals surface area (Å²) in [7, 11) is 0. The van der Waals surface area contributed by atoms with Gasteiger partial charge in [-0.2, -0.15) is 4.98 Å².